The predicted molar refractivity (Wildman–Crippen MR) is 231 cm³/mol. The van der Waals surface area contributed by atoms with Gasteiger partial charge in [-0.2, -0.15) is 0 Å². The van der Waals surface area contributed by atoms with E-state index in [-0.39, 0.29) is 41.4 Å². The molecule has 2 heterocycles. The van der Waals surface area contributed by atoms with Crippen LogP contribution in [0.2, 0.25) is 0 Å². The molecule has 18 heteroatoms. The normalized spacial score (nSPS) is 10.9. The number of carbonyl (C=O) groups excluding carboxylic acids is 2. The average molecular weight is 894 g/mol. The number of pyridine rings is 2. The molecule has 4 aromatic carbocycles. The van der Waals surface area contributed by atoms with Crippen molar-refractivity contribution >= 4 is 41.4 Å². The lowest BCUT2D eigenvalue weighted by Gasteiger charge is -2.08. The number of ether oxygens (including phenoxy) is 2. The summed E-state index contributed by atoms with van der Waals surface area (Å²) >= 11 is 0. The van der Waals surface area contributed by atoms with Crippen molar-refractivity contribution in [2.75, 3.05) is 37.9 Å². The molecule has 0 fully saturated rings. The first-order valence-corrected chi connectivity index (χ1v) is 23.1. The maximum atomic E-state index is 13.0. The zero-order valence-electron chi connectivity index (χ0n) is 32.9. The molecule has 6 aromatic rings. The number of nitrogens with one attached hydrogen (secondary N) is 2. The van der Waals surface area contributed by atoms with Crippen LogP contribution in [0, 0.1) is 11.6 Å². The number of nitrogens with two attached hydrogens (primary N) is 1. The number of nitrogens with zero attached hydrogens (tertiary/aromatic N) is 2. The summed E-state index contributed by atoms with van der Waals surface area (Å²) in [6, 6.07) is 36.4. The topological polar surface area (TPSA) is 197 Å². The van der Waals surface area contributed by atoms with E-state index in [1.54, 1.807) is 78.9 Å². The van der Waals surface area contributed by atoms with Crippen molar-refractivity contribution in [3.8, 4) is 45.5 Å². The third kappa shape index (κ3) is 17.9. The van der Waals surface area contributed by atoms with Crippen LogP contribution in [0.4, 0.5) is 8.78 Å². The lowest BCUT2D eigenvalue weighted by molar-refractivity contribution is 0.0941. The predicted octanol–water partition coefficient (Wildman–Crippen LogP) is 7.40. The number of sulfone groups is 1. The molecule has 61 heavy (non-hydrogen) atoms. The SMILES string of the molecule is CS(=O)(=O)CCCNC(=O)c1cccc(-c2ccc(Oc3ccc(F)cc3)cc2)n1.CS(=O)(=O)Cl.NCCNC(=O)c1cccc(-c2ccc(Oc3ccc(F)cc3)cc2)n1. The number of rotatable bonds is 14. The summed E-state index contributed by atoms with van der Waals surface area (Å²) < 4.78 is 78.3. The molecular formula is C43H42ClF2N5O8S2. The number of amides is 2. The first kappa shape index (κ1) is 47.4. The van der Waals surface area contributed by atoms with E-state index in [0.717, 1.165) is 23.6 Å². The molecule has 0 unspecified atom stereocenters. The van der Waals surface area contributed by atoms with Gasteiger partial charge in [-0.05, 0) is 128 Å². The van der Waals surface area contributed by atoms with E-state index in [4.69, 9.17) is 15.2 Å². The first-order chi connectivity index (χ1) is 29.0. The average Bonchev–Trinajstić information content (AvgIpc) is 3.23. The van der Waals surface area contributed by atoms with E-state index >= 15 is 0 Å². The van der Waals surface area contributed by atoms with Crippen LogP contribution in [0.25, 0.3) is 22.5 Å². The zero-order valence-corrected chi connectivity index (χ0v) is 35.3. The second-order valence-corrected chi connectivity index (χ2v) is 18.2. The third-order valence-corrected chi connectivity index (χ3v) is 8.80. The fraction of sp³-hybridized carbons (Fsp3) is 0.163. The fourth-order valence-electron chi connectivity index (χ4n) is 5.01. The second-order valence-electron chi connectivity index (χ2n) is 12.9. The van der Waals surface area contributed by atoms with Gasteiger partial charge in [0, 0.05) is 47.7 Å². The van der Waals surface area contributed by atoms with E-state index < -0.39 is 18.9 Å². The Labute approximate surface area is 357 Å². The van der Waals surface area contributed by atoms with Gasteiger partial charge >= 0.3 is 0 Å². The smallest absolute Gasteiger partial charge is 0.269 e. The monoisotopic (exact) mass is 893 g/mol. The Morgan fingerprint density at radius 2 is 0.934 bits per heavy atom. The number of benzene rings is 4. The van der Waals surface area contributed by atoms with Gasteiger partial charge in [0.25, 0.3) is 11.8 Å². The Balaban J connectivity index is 0.000000244. The van der Waals surface area contributed by atoms with Gasteiger partial charge in [-0.25, -0.2) is 35.6 Å². The summed E-state index contributed by atoms with van der Waals surface area (Å²) in [5.74, 6) is 1.05. The van der Waals surface area contributed by atoms with Crippen LogP contribution in [0.1, 0.15) is 27.4 Å². The Bertz CT molecular complexity index is 2580. The molecule has 0 bridgehead atoms. The van der Waals surface area contributed by atoms with Crippen LogP contribution in [0.3, 0.4) is 0 Å². The summed E-state index contributed by atoms with van der Waals surface area (Å²) in [6.45, 7) is 1.04. The first-order valence-electron chi connectivity index (χ1n) is 18.3. The highest BCUT2D eigenvalue weighted by Crippen LogP contribution is 2.27. The molecular weight excluding hydrogens is 852 g/mol. The molecule has 320 valence electrons. The Hall–Kier alpha value is -6.27. The van der Waals surface area contributed by atoms with Crippen molar-refractivity contribution in [1.29, 1.82) is 0 Å². The van der Waals surface area contributed by atoms with E-state index in [9.17, 15) is 35.2 Å². The van der Waals surface area contributed by atoms with Gasteiger partial charge in [0.15, 0.2) is 0 Å². The van der Waals surface area contributed by atoms with E-state index in [1.807, 2.05) is 30.3 Å². The number of halogens is 3. The van der Waals surface area contributed by atoms with Crippen molar-refractivity contribution in [3.63, 3.8) is 0 Å². The van der Waals surface area contributed by atoms with Gasteiger partial charge in [0.1, 0.15) is 55.9 Å². The lowest BCUT2D eigenvalue weighted by atomic mass is 10.1. The highest BCUT2D eigenvalue weighted by atomic mass is 35.7. The molecule has 0 aliphatic carbocycles. The summed E-state index contributed by atoms with van der Waals surface area (Å²) in [6.07, 6.45) is 2.43. The van der Waals surface area contributed by atoms with Crippen LogP contribution >= 0.6 is 10.7 Å². The number of aromatic nitrogens is 2. The molecule has 0 aliphatic heterocycles. The highest BCUT2D eigenvalue weighted by Gasteiger charge is 2.11. The number of hydrogen-bond donors (Lipinski definition) is 3. The van der Waals surface area contributed by atoms with Crippen molar-refractivity contribution in [2.45, 2.75) is 6.42 Å². The third-order valence-electron chi connectivity index (χ3n) is 7.77. The van der Waals surface area contributed by atoms with Crippen LogP contribution < -0.4 is 25.8 Å². The van der Waals surface area contributed by atoms with Crippen molar-refractivity contribution < 1.29 is 44.7 Å². The van der Waals surface area contributed by atoms with Crippen molar-refractivity contribution in [2.24, 2.45) is 5.73 Å². The standard InChI is InChI=1S/C22H21FN2O4S.C20H18FN3O2.CH3ClO2S/c1-30(27,28)15-3-14-24-22(26)21-5-2-4-20(25-21)16-6-10-18(11-7-16)29-19-12-8-17(23)9-13-19;21-15-6-10-17(11-7-15)26-16-8-4-14(5-9-16)18-2-1-3-19(24-18)20(25)23-13-12-22;1-5(2,3)4/h2,4-13H,3,14-15H2,1H3,(H,24,26);1-11H,12-13,22H2,(H,23,25);1H3. The minimum absolute atomic E-state index is 0.0209. The molecule has 6 rings (SSSR count). The quantitative estimate of drug-likeness (QED) is 0.0728. The number of hydrogen-bond acceptors (Lipinski definition) is 11. The Kier molecular flexibility index (Phi) is 17.8. The summed E-state index contributed by atoms with van der Waals surface area (Å²) in [4.78, 5) is 33.0. The fourth-order valence-corrected chi connectivity index (χ4v) is 5.68. The van der Waals surface area contributed by atoms with E-state index in [0.29, 0.717) is 59.6 Å². The van der Waals surface area contributed by atoms with Crippen molar-refractivity contribution in [1.82, 2.24) is 20.6 Å². The molecule has 0 radical (unpaired) electrons. The van der Waals surface area contributed by atoms with Gasteiger partial charge < -0.3 is 25.8 Å². The van der Waals surface area contributed by atoms with Crippen molar-refractivity contribution in [3.05, 3.63) is 156 Å². The van der Waals surface area contributed by atoms with Crippen LogP contribution in [0.5, 0.6) is 23.0 Å². The minimum atomic E-state index is -3.19. The molecule has 0 saturated carbocycles. The summed E-state index contributed by atoms with van der Waals surface area (Å²) in [7, 11) is -1.74. The lowest BCUT2D eigenvalue weighted by Crippen LogP contribution is -2.29. The maximum absolute atomic E-state index is 13.0. The van der Waals surface area contributed by atoms with Crippen LogP contribution in [-0.2, 0) is 18.9 Å². The van der Waals surface area contributed by atoms with Crippen LogP contribution in [-0.4, -0.2) is 76.5 Å². The second kappa shape index (κ2) is 22.9. The molecule has 2 amide bonds. The van der Waals surface area contributed by atoms with Gasteiger partial charge in [-0.3, -0.25) is 9.59 Å². The molecule has 2 aromatic heterocycles. The minimum Gasteiger partial charge on any atom is -0.457 e. The molecule has 0 atom stereocenters. The molecule has 0 aliphatic rings. The van der Waals surface area contributed by atoms with Gasteiger partial charge in [-0.1, -0.05) is 12.1 Å². The highest BCUT2D eigenvalue weighted by molar-refractivity contribution is 8.13. The van der Waals surface area contributed by atoms with Crippen LogP contribution in [0.15, 0.2) is 133 Å². The largest absolute Gasteiger partial charge is 0.457 e. The van der Waals surface area contributed by atoms with E-state index in [2.05, 4.69) is 31.3 Å². The molecule has 13 nitrogen and oxygen atoms in total. The Morgan fingerprint density at radius 3 is 1.28 bits per heavy atom. The zero-order chi connectivity index (χ0) is 44.4. The maximum Gasteiger partial charge on any atom is 0.269 e. The molecule has 0 saturated heterocycles. The molecule has 4 N–H and O–H groups in total. The summed E-state index contributed by atoms with van der Waals surface area (Å²) in [5, 5.41) is 5.37. The van der Waals surface area contributed by atoms with Gasteiger partial charge in [-0.15, -0.1) is 0 Å². The Morgan fingerprint density at radius 1 is 0.590 bits per heavy atom. The summed E-state index contributed by atoms with van der Waals surface area (Å²) in [5.41, 5.74) is 8.92. The molecule has 0 spiro atoms. The number of carbonyl (C=O) groups is 2. The van der Waals surface area contributed by atoms with Gasteiger partial charge in [0.05, 0.1) is 23.4 Å². The van der Waals surface area contributed by atoms with Gasteiger partial charge in [0.2, 0.25) is 9.05 Å². The van der Waals surface area contributed by atoms with E-state index in [1.165, 1.54) is 24.3 Å².